The molecule has 0 bridgehead atoms. The molecule has 1 atom stereocenters. The summed E-state index contributed by atoms with van der Waals surface area (Å²) >= 11 is 0. The first-order valence-electron chi connectivity index (χ1n) is 6.78. The quantitative estimate of drug-likeness (QED) is 0.720. The first kappa shape index (κ1) is 16.4. The van der Waals surface area contributed by atoms with E-state index in [1.54, 1.807) is 0 Å². The van der Waals surface area contributed by atoms with Crippen LogP contribution in [0.5, 0.6) is 0 Å². The highest BCUT2D eigenvalue weighted by Gasteiger charge is 2.19. The predicted molar refractivity (Wildman–Crippen MR) is 73.6 cm³/mol. The summed E-state index contributed by atoms with van der Waals surface area (Å²) < 4.78 is 0. The fraction of sp³-hybridized carbons (Fsp3) is 0.929. The van der Waals surface area contributed by atoms with Crippen LogP contribution in [-0.4, -0.2) is 18.5 Å². The molecule has 0 aromatic heterocycles. The molecule has 1 unspecified atom stereocenters. The van der Waals surface area contributed by atoms with Crippen molar-refractivity contribution in [1.82, 2.24) is 5.32 Å². The molecule has 0 spiro atoms. The van der Waals surface area contributed by atoms with E-state index in [2.05, 4.69) is 33.0 Å². The number of nitrogens with one attached hydrogen (secondary N) is 1. The molecule has 0 aliphatic carbocycles. The van der Waals surface area contributed by atoms with E-state index in [-0.39, 0.29) is 11.9 Å². The second-order valence-corrected chi connectivity index (χ2v) is 6.07. The van der Waals surface area contributed by atoms with Crippen molar-refractivity contribution in [2.45, 2.75) is 54.0 Å². The van der Waals surface area contributed by atoms with Crippen LogP contribution in [-0.2, 0) is 4.79 Å². The molecule has 3 N–H and O–H groups in total. The van der Waals surface area contributed by atoms with Crippen LogP contribution in [0.4, 0.5) is 0 Å². The fourth-order valence-corrected chi connectivity index (χ4v) is 1.99. The summed E-state index contributed by atoms with van der Waals surface area (Å²) in [6.07, 6.45) is 0.431. The Morgan fingerprint density at radius 2 is 1.47 bits per heavy atom. The molecule has 0 aromatic rings. The molecule has 0 radical (unpaired) electrons. The van der Waals surface area contributed by atoms with Gasteiger partial charge in [-0.1, -0.05) is 41.5 Å². The smallest absolute Gasteiger partial charge is 0.221 e. The van der Waals surface area contributed by atoms with E-state index in [0.29, 0.717) is 30.1 Å². The van der Waals surface area contributed by atoms with E-state index < -0.39 is 0 Å². The average Bonchev–Trinajstić information content (AvgIpc) is 2.16. The molecule has 0 heterocycles. The molecule has 0 saturated carbocycles. The summed E-state index contributed by atoms with van der Waals surface area (Å²) in [7, 11) is 0. The van der Waals surface area contributed by atoms with Gasteiger partial charge in [-0.2, -0.15) is 0 Å². The van der Waals surface area contributed by atoms with Gasteiger partial charge in [0.15, 0.2) is 0 Å². The van der Waals surface area contributed by atoms with Crippen LogP contribution in [0.3, 0.4) is 0 Å². The van der Waals surface area contributed by atoms with Crippen LogP contribution >= 0.6 is 0 Å². The Morgan fingerprint density at radius 1 is 1.00 bits per heavy atom. The fourth-order valence-electron chi connectivity index (χ4n) is 1.99. The van der Waals surface area contributed by atoms with Crippen molar-refractivity contribution in [3.05, 3.63) is 0 Å². The molecule has 1 amide bonds. The van der Waals surface area contributed by atoms with Gasteiger partial charge in [0.2, 0.25) is 5.91 Å². The minimum Gasteiger partial charge on any atom is -0.356 e. The zero-order chi connectivity index (χ0) is 13.6. The maximum atomic E-state index is 11.7. The molecule has 3 nitrogen and oxygen atoms in total. The Bertz CT molecular complexity index is 216. The lowest BCUT2D eigenvalue weighted by atomic mass is 9.85. The summed E-state index contributed by atoms with van der Waals surface area (Å²) in [5.41, 5.74) is 5.88. The van der Waals surface area contributed by atoms with Gasteiger partial charge >= 0.3 is 0 Å². The van der Waals surface area contributed by atoms with Gasteiger partial charge < -0.3 is 11.1 Å². The molecule has 3 heteroatoms. The molecule has 0 aliphatic rings. The van der Waals surface area contributed by atoms with Crippen molar-refractivity contribution < 1.29 is 4.79 Å². The predicted octanol–water partition coefficient (Wildman–Crippen LogP) is 2.40. The number of nitrogens with two attached hydrogens (primary N) is 1. The third-order valence-corrected chi connectivity index (χ3v) is 3.52. The maximum absolute atomic E-state index is 11.7. The van der Waals surface area contributed by atoms with Crippen LogP contribution in [0, 0.1) is 23.7 Å². The normalized spacial score (nSPS) is 13.8. The van der Waals surface area contributed by atoms with Crippen molar-refractivity contribution in [2.24, 2.45) is 29.4 Å². The Labute approximate surface area is 107 Å². The van der Waals surface area contributed by atoms with Gasteiger partial charge in [0.1, 0.15) is 0 Å². The Balaban J connectivity index is 4.05. The Morgan fingerprint density at radius 3 is 1.82 bits per heavy atom. The molecule has 17 heavy (non-hydrogen) atoms. The third kappa shape index (κ3) is 6.67. The SMILES string of the molecule is CC(C)C(N)CC(=O)NCC(C(C)C)C(C)C. The maximum Gasteiger partial charge on any atom is 0.221 e. The summed E-state index contributed by atoms with van der Waals surface area (Å²) in [6, 6.07) is -0.0356. The number of carbonyl (C=O) groups is 1. The van der Waals surface area contributed by atoms with Crippen LogP contribution in [0.2, 0.25) is 0 Å². The van der Waals surface area contributed by atoms with Gasteiger partial charge in [0, 0.05) is 19.0 Å². The van der Waals surface area contributed by atoms with Crippen LogP contribution in [0.1, 0.15) is 48.0 Å². The number of hydrogen-bond acceptors (Lipinski definition) is 2. The largest absolute Gasteiger partial charge is 0.356 e. The van der Waals surface area contributed by atoms with E-state index in [9.17, 15) is 4.79 Å². The molecule has 0 rings (SSSR count). The summed E-state index contributed by atoms with van der Waals surface area (Å²) in [6.45, 7) is 13.7. The second kappa shape index (κ2) is 7.70. The summed E-state index contributed by atoms with van der Waals surface area (Å²) in [5.74, 6) is 2.15. The zero-order valence-electron chi connectivity index (χ0n) is 12.3. The highest BCUT2D eigenvalue weighted by molar-refractivity contribution is 5.76. The molecule has 0 saturated heterocycles. The number of amides is 1. The Kier molecular flexibility index (Phi) is 7.44. The number of hydrogen-bond donors (Lipinski definition) is 2. The minimum atomic E-state index is -0.0356. The van der Waals surface area contributed by atoms with E-state index in [1.807, 2.05) is 13.8 Å². The monoisotopic (exact) mass is 242 g/mol. The first-order chi connectivity index (χ1) is 7.75. The van der Waals surface area contributed by atoms with E-state index >= 15 is 0 Å². The Hall–Kier alpha value is -0.570. The number of rotatable bonds is 7. The topological polar surface area (TPSA) is 55.1 Å². The highest BCUT2D eigenvalue weighted by atomic mass is 16.1. The van der Waals surface area contributed by atoms with Gasteiger partial charge in [-0.15, -0.1) is 0 Å². The molecule has 0 aromatic carbocycles. The lowest BCUT2D eigenvalue weighted by Gasteiger charge is -2.25. The van der Waals surface area contributed by atoms with Crippen molar-refractivity contribution in [3.63, 3.8) is 0 Å². The van der Waals surface area contributed by atoms with Crippen molar-refractivity contribution >= 4 is 5.91 Å². The van der Waals surface area contributed by atoms with E-state index in [0.717, 1.165) is 6.54 Å². The van der Waals surface area contributed by atoms with Crippen LogP contribution in [0.25, 0.3) is 0 Å². The summed E-state index contributed by atoms with van der Waals surface area (Å²) in [4.78, 5) is 11.7. The molecular formula is C14H30N2O. The van der Waals surface area contributed by atoms with E-state index in [1.165, 1.54) is 0 Å². The van der Waals surface area contributed by atoms with Crippen LogP contribution in [0.15, 0.2) is 0 Å². The van der Waals surface area contributed by atoms with Crippen LogP contribution < -0.4 is 11.1 Å². The van der Waals surface area contributed by atoms with Crippen molar-refractivity contribution in [3.8, 4) is 0 Å². The molecule has 0 fully saturated rings. The number of carbonyl (C=O) groups excluding carboxylic acids is 1. The second-order valence-electron chi connectivity index (χ2n) is 6.07. The lowest BCUT2D eigenvalue weighted by molar-refractivity contribution is -0.121. The third-order valence-electron chi connectivity index (χ3n) is 3.52. The molecule has 102 valence electrons. The first-order valence-corrected chi connectivity index (χ1v) is 6.78. The zero-order valence-corrected chi connectivity index (χ0v) is 12.3. The highest BCUT2D eigenvalue weighted by Crippen LogP contribution is 2.19. The van der Waals surface area contributed by atoms with Gasteiger partial charge in [-0.25, -0.2) is 0 Å². The molecular weight excluding hydrogens is 212 g/mol. The summed E-state index contributed by atoms with van der Waals surface area (Å²) in [5, 5.41) is 3.01. The van der Waals surface area contributed by atoms with Crippen molar-refractivity contribution in [2.75, 3.05) is 6.54 Å². The molecule has 0 aliphatic heterocycles. The van der Waals surface area contributed by atoms with Gasteiger partial charge in [-0.05, 0) is 23.7 Å². The van der Waals surface area contributed by atoms with Gasteiger partial charge in [-0.3, -0.25) is 4.79 Å². The van der Waals surface area contributed by atoms with Gasteiger partial charge in [0.25, 0.3) is 0 Å². The van der Waals surface area contributed by atoms with Gasteiger partial charge in [0.05, 0.1) is 0 Å². The van der Waals surface area contributed by atoms with E-state index in [4.69, 9.17) is 5.73 Å². The average molecular weight is 242 g/mol. The lowest BCUT2D eigenvalue weighted by Crippen LogP contribution is -2.38. The van der Waals surface area contributed by atoms with Crippen molar-refractivity contribution in [1.29, 1.82) is 0 Å². The minimum absolute atomic E-state index is 0.0356. The standard InChI is InChI=1S/C14H30N2O/c1-9(2)12(10(3)4)8-16-14(17)7-13(15)11(5)6/h9-13H,7-8,15H2,1-6H3,(H,16,17).